The first kappa shape index (κ1) is 21.2. The summed E-state index contributed by atoms with van der Waals surface area (Å²) in [6, 6.07) is 16.2. The van der Waals surface area contributed by atoms with Crippen LogP contribution in [-0.4, -0.2) is 45.0 Å². The first-order valence-electron chi connectivity index (χ1n) is 10.0. The van der Waals surface area contributed by atoms with Crippen molar-refractivity contribution in [3.63, 3.8) is 0 Å². The van der Waals surface area contributed by atoms with Gasteiger partial charge in [0.2, 0.25) is 5.95 Å². The molecular weight excluding hydrogens is 413 g/mol. The van der Waals surface area contributed by atoms with Gasteiger partial charge in [-0.1, -0.05) is 54.6 Å². The summed E-state index contributed by atoms with van der Waals surface area (Å²) in [7, 11) is 0. The largest absolute Gasteiger partial charge is 0.480 e. The van der Waals surface area contributed by atoms with Gasteiger partial charge in [0.1, 0.15) is 12.1 Å². The van der Waals surface area contributed by atoms with Gasteiger partial charge in [0.05, 0.1) is 0 Å². The quantitative estimate of drug-likeness (QED) is 0.441. The van der Waals surface area contributed by atoms with E-state index >= 15 is 0 Å². The fraction of sp³-hybridized carbons (Fsp3) is 0.167. The lowest BCUT2D eigenvalue weighted by atomic mass is 10.0. The van der Waals surface area contributed by atoms with Gasteiger partial charge in [-0.25, -0.2) is 19.5 Å². The number of hydrogen-bond donors (Lipinski definition) is 2. The average molecular weight is 433 g/mol. The van der Waals surface area contributed by atoms with Gasteiger partial charge >= 0.3 is 12.0 Å². The lowest BCUT2D eigenvalue weighted by molar-refractivity contribution is -0.146. The van der Waals surface area contributed by atoms with Gasteiger partial charge in [-0.15, -0.1) is 0 Å². The van der Waals surface area contributed by atoms with E-state index in [1.54, 1.807) is 60.7 Å². The third kappa shape index (κ3) is 4.49. The molecule has 1 fully saturated rings. The number of halogens is 1. The summed E-state index contributed by atoms with van der Waals surface area (Å²) < 4.78 is 13.3. The van der Waals surface area contributed by atoms with E-state index in [9.17, 15) is 23.9 Å². The van der Waals surface area contributed by atoms with Crippen LogP contribution in [0.3, 0.4) is 0 Å². The van der Waals surface area contributed by atoms with E-state index in [2.05, 4.69) is 10.3 Å². The molecule has 0 spiro atoms. The predicted octanol–water partition coefficient (Wildman–Crippen LogP) is 3.05. The number of aliphatic carboxylic acids is 1. The Balaban J connectivity index is 1.48. The number of nitrogens with zero attached hydrogens (tertiary/aromatic N) is 2. The van der Waals surface area contributed by atoms with E-state index in [1.807, 2.05) is 0 Å². The lowest BCUT2D eigenvalue weighted by Crippen LogP contribution is -2.47. The van der Waals surface area contributed by atoms with Crippen LogP contribution in [0, 0.1) is 5.95 Å². The molecule has 2 heterocycles. The maximum Gasteiger partial charge on any atom is 0.327 e. The smallest absolute Gasteiger partial charge is 0.327 e. The summed E-state index contributed by atoms with van der Waals surface area (Å²) >= 11 is 0. The number of rotatable bonds is 7. The molecule has 4 rings (SSSR count). The molecule has 0 unspecified atom stereocenters. The van der Waals surface area contributed by atoms with Crippen LogP contribution in [0.25, 0.3) is 11.1 Å². The second-order valence-electron chi connectivity index (χ2n) is 7.52. The Bertz CT molecular complexity index is 1150. The van der Waals surface area contributed by atoms with Gasteiger partial charge in [-0.3, -0.25) is 4.79 Å². The number of carbonyl (C=O) groups is 3. The number of imide groups is 1. The van der Waals surface area contributed by atoms with Gasteiger partial charge in [-0.05, 0) is 28.3 Å². The number of carbonyl (C=O) groups excluding carboxylic acids is 2. The van der Waals surface area contributed by atoms with Crippen LogP contribution in [0.1, 0.15) is 11.1 Å². The first-order valence-corrected chi connectivity index (χ1v) is 10.0. The molecule has 7 nitrogen and oxygen atoms in total. The van der Waals surface area contributed by atoms with Crippen LogP contribution in [0.2, 0.25) is 0 Å². The number of pyridine rings is 1. The summed E-state index contributed by atoms with van der Waals surface area (Å²) in [6.07, 6.45) is 1.62. The van der Waals surface area contributed by atoms with E-state index in [4.69, 9.17) is 0 Å². The van der Waals surface area contributed by atoms with Crippen LogP contribution >= 0.6 is 0 Å². The Morgan fingerprint density at radius 2 is 1.75 bits per heavy atom. The van der Waals surface area contributed by atoms with Crippen LogP contribution in [0.5, 0.6) is 0 Å². The number of aromatic nitrogens is 1. The highest BCUT2D eigenvalue weighted by molar-refractivity contribution is 6.07. The zero-order valence-corrected chi connectivity index (χ0v) is 16.9. The van der Waals surface area contributed by atoms with Crippen molar-refractivity contribution >= 4 is 17.9 Å². The van der Waals surface area contributed by atoms with Crippen molar-refractivity contribution in [1.82, 2.24) is 15.2 Å². The molecule has 0 aliphatic carbocycles. The summed E-state index contributed by atoms with van der Waals surface area (Å²) in [4.78, 5) is 41.6. The molecule has 32 heavy (non-hydrogen) atoms. The monoisotopic (exact) mass is 433 g/mol. The number of amides is 3. The van der Waals surface area contributed by atoms with Crippen molar-refractivity contribution in [3.8, 4) is 11.1 Å². The number of benzene rings is 2. The third-order valence-corrected chi connectivity index (χ3v) is 5.37. The Hall–Kier alpha value is -4.07. The highest BCUT2D eigenvalue weighted by Crippen LogP contribution is 2.22. The Morgan fingerprint density at radius 1 is 1.03 bits per heavy atom. The van der Waals surface area contributed by atoms with Gasteiger partial charge in [0.15, 0.2) is 0 Å². The maximum absolute atomic E-state index is 13.3. The molecule has 3 amide bonds. The zero-order chi connectivity index (χ0) is 22.7. The van der Waals surface area contributed by atoms with Crippen LogP contribution in [0.15, 0.2) is 72.9 Å². The standard InChI is InChI=1S/C24H20FN3O4/c25-21-14-18(10-11-26-21)17-8-6-16(7-9-17)12-19-22(29)28(24(32)27-19)20(23(30)31)13-15-4-2-1-3-5-15/h1-11,14,19-20H,12-13H2,(H,27,32)(H,30,31)/t19-,20-/m0/s1. The molecule has 2 N–H and O–H groups in total. The summed E-state index contributed by atoms with van der Waals surface area (Å²) in [5, 5.41) is 12.3. The van der Waals surface area contributed by atoms with Crippen molar-refractivity contribution in [2.75, 3.05) is 0 Å². The Morgan fingerprint density at radius 3 is 2.41 bits per heavy atom. The van der Waals surface area contributed by atoms with E-state index in [0.717, 1.165) is 16.0 Å². The molecular formula is C24H20FN3O4. The lowest BCUT2D eigenvalue weighted by Gasteiger charge is -2.21. The van der Waals surface area contributed by atoms with E-state index in [-0.39, 0.29) is 12.8 Å². The topological polar surface area (TPSA) is 99.6 Å². The average Bonchev–Trinajstić information content (AvgIpc) is 3.06. The minimum Gasteiger partial charge on any atom is -0.480 e. The molecule has 1 aromatic heterocycles. The van der Waals surface area contributed by atoms with Crippen molar-refractivity contribution < 1.29 is 23.9 Å². The second kappa shape index (κ2) is 8.97. The first-order chi connectivity index (χ1) is 15.4. The van der Waals surface area contributed by atoms with E-state index in [1.165, 1.54) is 12.3 Å². The van der Waals surface area contributed by atoms with Gasteiger partial charge < -0.3 is 10.4 Å². The minimum atomic E-state index is -1.29. The SMILES string of the molecule is O=C(O)[C@H](Cc1ccccc1)N1C(=O)N[C@@H](Cc2ccc(-c3ccnc(F)c3)cc2)C1=O. The van der Waals surface area contributed by atoms with E-state index < -0.39 is 35.9 Å². The highest BCUT2D eigenvalue weighted by Gasteiger charge is 2.44. The van der Waals surface area contributed by atoms with Gasteiger partial charge in [0.25, 0.3) is 5.91 Å². The molecule has 3 aromatic rings. The van der Waals surface area contributed by atoms with Crippen LogP contribution < -0.4 is 5.32 Å². The summed E-state index contributed by atoms with van der Waals surface area (Å²) in [5.41, 5.74) is 2.95. The fourth-order valence-corrected chi connectivity index (χ4v) is 3.76. The second-order valence-corrected chi connectivity index (χ2v) is 7.52. The zero-order valence-electron chi connectivity index (χ0n) is 16.9. The van der Waals surface area contributed by atoms with Crippen LogP contribution in [-0.2, 0) is 22.4 Å². The number of carboxylic acids is 1. The number of nitrogens with one attached hydrogen (secondary N) is 1. The van der Waals surface area contributed by atoms with Crippen LogP contribution in [0.4, 0.5) is 9.18 Å². The molecule has 2 atom stereocenters. The van der Waals surface area contributed by atoms with Gasteiger partial charge in [-0.2, -0.15) is 4.39 Å². The Kier molecular flexibility index (Phi) is 5.93. The van der Waals surface area contributed by atoms with Crippen molar-refractivity contribution in [3.05, 3.63) is 90.0 Å². The predicted molar refractivity (Wildman–Crippen MR) is 114 cm³/mol. The molecule has 1 aliphatic rings. The maximum atomic E-state index is 13.3. The van der Waals surface area contributed by atoms with E-state index in [0.29, 0.717) is 11.1 Å². The molecule has 0 radical (unpaired) electrons. The molecule has 0 bridgehead atoms. The Labute approximate surface area is 183 Å². The molecule has 8 heteroatoms. The molecule has 162 valence electrons. The highest BCUT2D eigenvalue weighted by atomic mass is 19.1. The molecule has 2 aromatic carbocycles. The number of hydrogen-bond acceptors (Lipinski definition) is 4. The fourth-order valence-electron chi connectivity index (χ4n) is 3.76. The summed E-state index contributed by atoms with van der Waals surface area (Å²) in [5.74, 6) is -2.39. The number of urea groups is 1. The summed E-state index contributed by atoms with van der Waals surface area (Å²) in [6.45, 7) is 0. The minimum absolute atomic E-state index is 0.0270. The normalized spacial score (nSPS) is 16.7. The van der Waals surface area contributed by atoms with Crippen molar-refractivity contribution in [2.45, 2.75) is 24.9 Å². The molecule has 1 aliphatic heterocycles. The third-order valence-electron chi connectivity index (χ3n) is 5.37. The van der Waals surface area contributed by atoms with Crippen molar-refractivity contribution in [2.24, 2.45) is 0 Å². The molecule has 0 saturated carbocycles. The molecule has 1 saturated heterocycles. The number of carboxylic acid groups (broad SMARTS) is 1. The van der Waals surface area contributed by atoms with Crippen molar-refractivity contribution in [1.29, 1.82) is 0 Å². The van der Waals surface area contributed by atoms with Gasteiger partial charge in [0, 0.05) is 25.1 Å².